The van der Waals surface area contributed by atoms with Gasteiger partial charge in [0.15, 0.2) is 0 Å². The Hall–Kier alpha value is -0.340. The number of hydrogen-bond acceptors (Lipinski definition) is 2. The van der Waals surface area contributed by atoms with Crippen molar-refractivity contribution in [1.29, 1.82) is 0 Å². The predicted octanol–water partition coefficient (Wildman–Crippen LogP) is 0.473. The van der Waals surface area contributed by atoms with Gasteiger partial charge in [0.05, 0.1) is 0 Å². The molecule has 0 fully saturated rings. The molecule has 0 saturated heterocycles. The van der Waals surface area contributed by atoms with Crippen molar-refractivity contribution in [1.82, 2.24) is 10.6 Å². The molecular weight excluding hydrogens is 112 g/mol. The second-order valence-corrected chi connectivity index (χ2v) is 2.24. The van der Waals surface area contributed by atoms with Crippen LogP contribution in [0.1, 0.15) is 12.8 Å². The molecule has 9 heavy (non-hydrogen) atoms. The van der Waals surface area contributed by atoms with Crippen molar-refractivity contribution in [2.24, 2.45) is 0 Å². The highest BCUT2D eigenvalue weighted by molar-refractivity contribution is 4.84. The zero-order valence-electron chi connectivity index (χ0n) is 5.69. The molecule has 0 spiro atoms. The molecule has 0 bridgehead atoms. The fourth-order valence-corrected chi connectivity index (χ4v) is 0.878. The summed E-state index contributed by atoms with van der Waals surface area (Å²) in [5.74, 6) is 0. The highest BCUT2D eigenvalue weighted by atomic mass is 15.0. The molecule has 0 atom stereocenters. The lowest BCUT2D eigenvalue weighted by atomic mass is 10.3. The van der Waals surface area contributed by atoms with Gasteiger partial charge >= 0.3 is 0 Å². The van der Waals surface area contributed by atoms with E-state index in [1.807, 2.05) is 0 Å². The molecule has 52 valence electrons. The Morgan fingerprint density at radius 2 is 2.11 bits per heavy atom. The first-order valence-electron chi connectivity index (χ1n) is 3.56. The highest BCUT2D eigenvalue weighted by Gasteiger charge is 1.87. The molecule has 1 aliphatic heterocycles. The van der Waals surface area contributed by atoms with E-state index >= 15 is 0 Å². The Labute approximate surface area is 56.3 Å². The van der Waals surface area contributed by atoms with E-state index in [-0.39, 0.29) is 0 Å². The molecule has 0 aromatic heterocycles. The smallest absolute Gasteiger partial charge is 0.0456 e. The summed E-state index contributed by atoms with van der Waals surface area (Å²) in [4.78, 5) is 0. The van der Waals surface area contributed by atoms with E-state index in [0.717, 1.165) is 19.8 Å². The van der Waals surface area contributed by atoms with E-state index in [4.69, 9.17) is 0 Å². The van der Waals surface area contributed by atoms with Gasteiger partial charge in [0.25, 0.3) is 0 Å². The van der Waals surface area contributed by atoms with Crippen LogP contribution in [-0.4, -0.2) is 19.8 Å². The zero-order valence-corrected chi connectivity index (χ0v) is 5.69. The predicted molar refractivity (Wildman–Crippen MR) is 39.2 cm³/mol. The number of nitrogens with one attached hydrogen (secondary N) is 2. The standard InChI is InChI=1S/C7H14N2/c1-2-4-6-9-7-8-5-3-1/h1,3,8-9H,2,4-7H2/b3-1+. The van der Waals surface area contributed by atoms with Crippen molar-refractivity contribution in [3.63, 3.8) is 0 Å². The lowest BCUT2D eigenvalue weighted by molar-refractivity contribution is 0.603. The van der Waals surface area contributed by atoms with Gasteiger partial charge in [-0.2, -0.15) is 0 Å². The van der Waals surface area contributed by atoms with Gasteiger partial charge in [-0.15, -0.1) is 0 Å². The van der Waals surface area contributed by atoms with Crippen LogP contribution in [0.5, 0.6) is 0 Å². The van der Waals surface area contributed by atoms with Gasteiger partial charge in [0.2, 0.25) is 0 Å². The largest absolute Gasteiger partial charge is 0.304 e. The van der Waals surface area contributed by atoms with Crippen molar-refractivity contribution in [2.45, 2.75) is 12.8 Å². The van der Waals surface area contributed by atoms with Crippen LogP contribution in [0.3, 0.4) is 0 Å². The summed E-state index contributed by atoms with van der Waals surface area (Å²) in [5, 5.41) is 6.51. The average Bonchev–Trinajstić information content (AvgIpc) is 2.00. The molecule has 0 aromatic carbocycles. The second kappa shape index (κ2) is 4.53. The Kier molecular flexibility index (Phi) is 3.41. The molecule has 0 aliphatic carbocycles. The first-order valence-corrected chi connectivity index (χ1v) is 3.56. The molecule has 0 saturated carbocycles. The fraction of sp³-hybridized carbons (Fsp3) is 0.714. The Morgan fingerprint density at radius 1 is 1.11 bits per heavy atom. The molecule has 0 amide bonds. The summed E-state index contributed by atoms with van der Waals surface area (Å²) in [6, 6.07) is 0. The van der Waals surface area contributed by atoms with E-state index in [9.17, 15) is 0 Å². The lowest BCUT2D eigenvalue weighted by Gasteiger charge is -2.00. The molecule has 1 aliphatic rings. The molecule has 0 unspecified atom stereocenters. The van der Waals surface area contributed by atoms with Gasteiger partial charge in [0, 0.05) is 13.2 Å². The topological polar surface area (TPSA) is 24.1 Å². The van der Waals surface area contributed by atoms with Crippen LogP contribution in [0, 0.1) is 0 Å². The average molecular weight is 126 g/mol. The maximum absolute atomic E-state index is 3.28. The van der Waals surface area contributed by atoms with Gasteiger partial charge in [-0.05, 0) is 19.4 Å². The van der Waals surface area contributed by atoms with E-state index in [1.165, 1.54) is 12.8 Å². The van der Waals surface area contributed by atoms with Crippen molar-refractivity contribution < 1.29 is 0 Å². The minimum absolute atomic E-state index is 0.949. The van der Waals surface area contributed by atoms with Crippen molar-refractivity contribution in [3.05, 3.63) is 12.2 Å². The van der Waals surface area contributed by atoms with Crippen LogP contribution < -0.4 is 10.6 Å². The summed E-state index contributed by atoms with van der Waals surface area (Å²) in [6.07, 6.45) is 6.90. The summed E-state index contributed by atoms with van der Waals surface area (Å²) in [6.45, 7) is 3.09. The second-order valence-electron chi connectivity index (χ2n) is 2.24. The van der Waals surface area contributed by atoms with Crippen LogP contribution in [-0.2, 0) is 0 Å². The third-order valence-electron chi connectivity index (χ3n) is 1.40. The molecule has 2 nitrogen and oxygen atoms in total. The molecule has 1 heterocycles. The quantitative estimate of drug-likeness (QED) is 0.461. The van der Waals surface area contributed by atoms with Gasteiger partial charge in [-0.1, -0.05) is 12.2 Å². The van der Waals surface area contributed by atoms with Crippen LogP contribution in [0.15, 0.2) is 12.2 Å². The number of hydrogen-bond donors (Lipinski definition) is 2. The number of allylic oxidation sites excluding steroid dienone is 1. The van der Waals surface area contributed by atoms with Crippen molar-refractivity contribution in [2.75, 3.05) is 19.8 Å². The maximum atomic E-state index is 3.28. The maximum Gasteiger partial charge on any atom is 0.0456 e. The van der Waals surface area contributed by atoms with Gasteiger partial charge in [-0.3, -0.25) is 0 Å². The summed E-state index contributed by atoms with van der Waals surface area (Å²) >= 11 is 0. The van der Waals surface area contributed by atoms with E-state index in [2.05, 4.69) is 22.8 Å². The Morgan fingerprint density at radius 3 is 3.11 bits per heavy atom. The summed E-state index contributed by atoms with van der Waals surface area (Å²) < 4.78 is 0. The monoisotopic (exact) mass is 126 g/mol. The van der Waals surface area contributed by atoms with Crippen molar-refractivity contribution >= 4 is 0 Å². The third kappa shape index (κ3) is 3.27. The van der Waals surface area contributed by atoms with E-state index in [0.29, 0.717) is 0 Å². The SMILES string of the molecule is C1=C/CNCNCCC/1. The molecule has 2 N–H and O–H groups in total. The van der Waals surface area contributed by atoms with Crippen LogP contribution in [0.25, 0.3) is 0 Å². The molecule has 1 rings (SSSR count). The first kappa shape index (κ1) is 6.78. The van der Waals surface area contributed by atoms with Crippen LogP contribution in [0.4, 0.5) is 0 Å². The van der Waals surface area contributed by atoms with E-state index in [1.54, 1.807) is 0 Å². The molecule has 0 aromatic rings. The van der Waals surface area contributed by atoms with Crippen LogP contribution in [0.2, 0.25) is 0 Å². The molecular formula is C7H14N2. The first-order chi connectivity index (χ1) is 4.50. The zero-order chi connectivity index (χ0) is 6.36. The van der Waals surface area contributed by atoms with Crippen LogP contribution >= 0.6 is 0 Å². The normalized spacial score (nSPS) is 25.8. The third-order valence-corrected chi connectivity index (χ3v) is 1.40. The van der Waals surface area contributed by atoms with Gasteiger partial charge in [0.1, 0.15) is 0 Å². The molecule has 2 heteroatoms. The Balaban J connectivity index is 2.15. The fourth-order valence-electron chi connectivity index (χ4n) is 0.878. The van der Waals surface area contributed by atoms with Gasteiger partial charge < -0.3 is 10.6 Å². The van der Waals surface area contributed by atoms with E-state index < -0.39 is 0 Å². The Bertz CT molecular complexity index is 78.9. The highest BCUT2D eigenvalue weighted by Crippen LogP contribution is 1.89. The molecule has 0 radical (unpaired) electrons. The summed E-state index contributed by atoms with van der Waals surface area (Å²) in [7, 11) is 0. The minimum atomic E-state index is 0.949. The summed E-state index contributed by atoms with van der Waals surface area (Å²) in [5.41, 5.74) is 0. The number of rotatable bonds is 0. The van der Waals surface area contributed by atoms with Crippen molar-refractivity contribution in [3.8, 4) is 0 Å². The minimum Gasteiger partial charge on any atom is -0.304 e. The lowest BCUT2D eigenvalue weighted by Crippen LogP contribution is -2.28. The van der Waals surface area contributed by atoms with Gasteiger partial charge in [-0.25, -0.2) is 0 Å².